The molecule has 0 aliphatic heterocycles. The van der Waals surface area contributed by atoms with Crippen LogP contribution in [0.4, 0.5) is 0 Å². The summed E-state index contributed by atoms with van der Waals surface area (Å²) in [4.78, 5) is 13.9. The molecule has 0 fully saturated rings. The zero-order valence-corrected chi connectivity index (χ0v) is 15.1. The molecule has 0 bridgehead atoms. The molecule has 0 saturated carbocycles. The third kappa shape index (κ3) is 5.80. The van der Waals surface area contributed by atoms with Gasteiger partial charge in [0.1, 0.15) is 0 Å². The highest BCUT2D eigenvalue weighted by molar-refractivity contribution is 6.31. The number of nitrogens with zero attached hydrogens (tertiary/aromatic N) is 1. The summed E-state index contributed by atoms with van der Waals surface area (Å²) >= 11 is 6.28. The van der Waals surface area contributed by atoms with Gasteiger partial charge >= 0.3 is 5.97 Å². The SMILES string of the molecule is COC(=O)c1ccc(Cl)c(CN(CCN)Cc2ccccc2)c1.Cl. The number of halogens is 2. The summed E-state index contributed by atoms with van der Waals surface area (Å²) < 4.78 is 4.76. The number of rotatable bonds is 7. The lowest BCUT2D eigenvalue weighted by Gasteiger charge is -2.22. The summed E-state index contributed by atoms with van der Waals surface area (Å²) in [6.45, 7) is 2.70. The van der Waals surface area contributed by atoms with Gasteiger partial charge in [-0.3, -0.25) is 4.90 Å². The van der Waals surface area contributed by atoms with Gasteiger partial charge in [-0.25, -0.2) is 4.79 Å². The molecule has 0 aliphatic rings. The Morgan fingerprint density at radius 3 is 2.50 bits per heavy atom. The van der Waals surface area contributed by atoms with Gasteiger partial charge in [0.25, 0.3) is 0 Å². The molecule has 0 aliphatic carbocycles. The first-order valence-corrected chi connectivity index (χ1v) is 7.85. The van der Waals surface area contributed by atoms with Gasteiger partial charge in [-0.2, -0.15) is 0 Å². The van der Waals surface area contributed by atoms with Crippen LogP contribution in [0.25, 0.3) is 0 Å². The highest BCUT2D eigenvalue weighted by Crippen LogP contribution is 2.21. The van der Waals surface area contributed by atoms with E-state index in [9.17, 15) is 4.79 Å². The molecule has 2 aromatic carbocycles. The van der Waals surface area contributed by atoms with Crippen LogP contribution in [-0.4, -0.2) is 31.1 Å². The summed E-state index contributed by atoms with van der Waals surface area (Å²) in [5, 5.41) is 0.632. The van der Waals surface area contributed by atoms with Crippen LogP contribution in [0.3, 0.4) is 0 Å². The maximum Gasteiger partial charge on any atom is 0.337 e. The predicted molar refractivity (Wildman–Crippen MR) is 99.6 cm³/mol. The molecule has 24 heavy (non-hydrogen) atoms. The molecule has 6 heteroatoms. The molecule has 0 aromatic heterocycles. The van der Waals surface area contributed by atoms with Crippen molar-refractivity contribution >= 4 is 30.0 Å². The maximum atomic E-state index is 11.7. The van der Waals surface area contributed by atoms with Crippen molar-refractivity contribution in [3.05, 3.63) is 70.2 Å². The highest BCUT2D eigenvalue weighted by Gasteiger charge is 2.12. The van der Waals surface area contributed by atoms with Crippen LogP contribution in [0.5, 0.6) is 0 Å². The second kappa shape index (κ2) is 10.3. The third-order valence-corrected chi connectivity index (χ3v) is 3.92. The summed E-state index contributed by atoms with van der Waals surface area (Å²) in [6, 6.07) is 15.4. The van der Waals surface area contributed by atoms with Gasteiger partial charge in [-0.15, -0.1) is 12.4 Å². The molecule has 0 heterocycles. The average molecular weight is 369 g/mol. The minimum absolute atomic E-state index is 0. The van der Waals surface area contributed by atoms with Crippen molar-refractivity contribution in [2.75, 3.05) is 20.2 Å². The van der Waals surface area contributed by atoms with Crippen LogP contribution in [0, 0.1) is 0 Å². The van der Waals surface area contributed by atoms with E-state index in [1.807, 2.05) is 18.2 Å². The summed E-state index contributed by atoms with van der Waals surface area (Å²) in [5.74, 6) is -0.364. The number of hydrogen-bond acceptors (Lipinski definition) is 4. The normalized spacial score (nSPS) is 10.3. The van der Waals surface area contributed by atoms with E-state index in [2.05, 4.69) is 17.0 Å². The molecule has 0 saturated heterocycles. The smallest absolute Gasteiger partial charge is 0.337 e. The number of methoxy groups -OCH3 is 1. The third-order valence-electron chi connectivity index (χ3n) is 3.56. The Morgan fingerprint density at radius 2 is 1.88 bits per heavy atom. The number of esters is 1. The standard InChI is InChI=1S/C18H21ClN2O2.ClH/c1-23-18(22)15-7-8-17(19)16(11-15)13-21(10-9-20)12-14-5-3-2-4-6-14;/h2-8,11H,9-10,12-13,20H2,1H3;1H. The minimum atomic E-state index is -0.364. The molecular weight excluding hydrogens is 347 g/mol. The number of carbonyl (C=O) groups is 1. The second-order valence-electron chi connectivity index (χ2n) is 5.28. The van der Waals surface area contributed by atoms with Crippen LogP contribution in [-0.2, 0) is 17.8 Å². The molecule has 0 atom stereocenters. The van der Waals surface area contributed by atoms with Crippen LogP contribution in [0.15, 0.2) is 48.5 Å². The lowest BCUT2D eigenvalue weighted by molar-refractivity contribution is 0.0600. The van der Waals surface area contributed by atoms with E-state index in [4.69, 9.17) is 22.1 Å². The van der Waals surface area contributed by atoms with Gasteiger partial charge in [0.05, 0.1) is 12.7 Å². The summed E-state index contributed by atoms with van der Waals surface area (Å²) in [7, 11) is 1.37. The minimum Gasteiger partial charge on any atom is -0.465 e. The first-order valence-electron chi connectivity index (χ1n) is 7.47. The Bertz CT molecular complexity index is 651. The highest BCUT2D eigenvalue weighted by atomic mass is 35.5. The fraction of sp³-hybridized carbons (Fsp3) is 0.278. The van der Waals surface area contributed by atoms with Crippen molar-refractivity contribution in [2.24, 2.45) is 5.73 Å². The van der Waals surface area contributed by atoms with Crippen molar-refractivity contribution in [2.45, 2.75) is 13.1 Å². The van der Waals surface area contributed by atoms with E-state index < -0.39 is 0 Å². The monoisotopic (exact) mass is 368 g/mol. The zero-order chi connectivity index (χ0) is 16.7. The van der Waals surface area contributed by atoms with E-state index in [0.717, 1.165) is 18.7 Å². The molecule has 0 radical (unpaired) electrons. The fourth-order valence-electron chi connectivity index (χ4n) is 2.42. The van der Waals surface area contributed by atoms with Crippen molar-refractivity contribution in [3.63, 3.8) is 0 Å². The fourth-order valence-corrected chi connectivity index (χ4v) is 2.60. The van der Waals surface area contributed by atoms with Gasteiger partial charge in [0, 0.05) is 31.2 Å². The summed E-state index contributed by atoms with van der Waals surface area (Å²) in [5.41, 5.74) is 8.32. The number of ether oxygens (including phenoxy) is 1. The van der Waals surface area contributed by atoms with Gasteiger partial charge in [0.15, 0.2) is 0 Å². The van der Waals surface area contributed by atoms with E-state index >= 15 is 0 Å². The van der Waals surface area contributed by atoms with E-state index in [0.29, 0.717) is 23.7 Å². The molecular formula is C18H22Cl2N2O2. The maximum absolute atomic E-state index is 11.7. The van der Waals surface area contributed by atoms with Crippen molar-refractivity contribution in [1.29, 1.82) is 0 Å². The number of benzene rings is 2. The van der Waals surface area contributed by atoms with E-state index in [-0.39, 0.29) is 18.4 Å². The predicted octanol–water partition coefficient (Wildman–Crippen LogP) is 3.51. The lowest BCUT2D eigenvalue weighted by Crippen LogP contribution is -2.29. The average Bonchev–Trinajstić information content (AvgIpc) is 2.57. The molecule has 0 unspecified atom stereocenters. The first-order chi connectivity index (χ1) is 11.1. The van der Waals surface area contributed by atoms with Gasteiger partial charge in [-0.05, 0) is 29.3 Å². The second-order valence-corrected chi connectivity index (χ2v) is 5.69. The lowest BCUT2D eigenvalue weighted by atomic mass is 10.1. The Labute approximate surface area is 154 Å². The molecule has 130 valence electrons. The Morgan fingerprint density at radius 1 is 1.17 bits per heavy atom. The van der Waals surface area contributed by atoms with Gasteiger partial charge < -0.3 is 10.5 Å². The number of hydrogen-bond donors (Lipinski definition) is 1. The molecule has 0 amide bonds. The topological polar surface area (TPSA) is 55.6 Å². The Balaban J connectivity index is 0.00000288. The molecule has 0 spiro atoms. The Kier molecular flexibility index (Phi) is 8.79. The van der Waals surface area contributed by atoms with Gasteiger partial charge in [0.2, 0.25) is 0 Å². The van der Waals surface area contributed by atoms with Crippen molar-refractivity contribution in [1.82, 2.24) is 4.90 Å². The van der Waals surface area contributed by atoms with E-state index in [1.54, 1.807) is 18.2 Å². The van der Waals surface area contributed by atoms with Gasteiger partial charge in [-0.1, -0.05) is 41.9 Å². The largest absolute Gasteiger partial charge is 0.465 e. The molecule has 2 aromatic rings. The van der Waals surface area contributed by atoms with Crippen molar-refractivity contribution in [3.8, 4) is 0 Å². The van der Waals surface area contributed by atoms with Crippen LogP contribution in [0.1, 0.15) is 21.5 Å². The molecule has 2 rings (SSSR count). The number of carbonyl (C=O) groups excluding carboxylic acids is 1. The van der Waals surface area contributed by atoms with E-state index in [1.165, 1.54) is 12.7 Å². The van der Waals surface area contributed by atoms with Crippen LogP contribution < -0.4 is 5.73 Å². The Hall–Kier alpha value is -1.59. The van der Waals surface area contributed by atoms with Crippen LogP contribution in [0.2, 0.25) is 5.02 Å². The number of nitrogens with two attached hydrogens (primary N) is 1. The first kappa shape index (κ1) is 20.5. The van der Waals surface area contributed by atoms with Crippen molar-refractivity contribution < 1.29 is 9.53 Å². The molecule has 2 N–H and O–H groups in total. The quantitative estimate of drug-likeness (QED) is 0.759. The zero-order valence-electron chi connectivity index (χ0n) is 13.6. The van der Waals surface area contributed by atoms with Crippen LogP contribution >= 0.6 is 24.0 Å². The summed E-state index contributed by atoms with van der Waals surface area (Å²) in [6.07, 6.45) is 0. The molecule has 4 nitrogen and oxygen atoms in total.